The Hall–Kier alpha value is -0.570. The van der Waals surface area contributed by atoms with E-state index < -0.39 is 5.97 Å². The molecule has 0 aromatic rings. The summed E-state index contributed by atoms with van der Waals surface area (Å²) >= 11 is 0. The molecule has 0 heterocycles. The predicted molar refractivity (Wildman–Crippen MR) is 44.9 cm³/mol. The second-order valence-corrected chi connectivity index (χ2v) is 4.30. The van der Waals surface area contributed by atoms with Gasteiger partial charge in [-0.2, -0.15) is 0 Å². The lowest BCUT2D eigenvalue weighted by Crippen LogP contribution is -2.39. The van der Waals surface area contributed by atoms with Crippen LogP contribution in [0.25, 0.3) is 0 Å². The summed E-state index contributed by atoms with van der Waals surface area (Å²) in [6, 6.07) is 0.278. The molecule has 2 fully saturated rings. The molecule has 0 spiro atoms. The number of carbonyl (C=O) groups is 1. The van der Waals surface area contributed by atoms with Gasteiger partial charge < -0.3 is 10.0 Å². The van der Waals surface area contributed by atoms with E-state index in [1.807, 2.05) is 14.1 Å². The molecule has 2 aliphatic carbocycles. The standard InChI is InChI=1S/C9H15NO2/c1-10(2)7-4-3-6-5-9(6,7)8(11)12/h6-7H,3-5H2,1-2H3,(H,11,12). The average molecular weight is 169 g/mol. The van der Waals surface area contributed by atoms with Crippen molar-refractivity contribution < 1.29 is 9.90 Å². The molecule has 3 nitrogen and oxygen atoms in total. The number of carboxylic acids is 1. The van der Waals surface area contributed by atoms with Crippen LogP contribution in [0.2, 0.25) is 0 Å². The van der Waals surface area contributed by atoms with Crippen molar-refractivity contribution in [2.45, 2.75) is 25.3 Å². The van der Waals surface area contributed by atoms with Crippen molar-refractivity contribution in [1.29, 1.82) is 0 Å². The Kier molecular flexibility index (Phi) is 1.49. The lowest BCUT2D eigenvalue weighted by Gasteiger charge is -2.26. The van der Waals surface area contributed by atoms with Crippen LogP contribution in [0.3, 0.4) is 0 Å². The minimum atomic E-state index is -0.580. The first-order chi connectivity index (χ1) is 5.59. The van der Waals surface area contributed by atoms with Crippen LogP contribution >= 0.6 is 0 Å². The van der Waals surface area contributed by atoms with Crippen LogP contribution in [0.1, 0.15) is 19.3 Å². The minimum Gasteiger partial charge on any atom is -0.481 e. The maximum atomic E-state index is 11.1. The number of fused-ring (bicyclic) bond motifs is 1. The highest BCUT2D eigenvalue weighted by Gasteiger charge is 2.68. The van der Waals surface area contributed by atoms with Crippen LogP contribution in [-0.2, 0) is 4.79 Å². The van der Waals surface area contributed by atoms with Crippen LogP contribution in [0.4, 0.5) is 0 Å². The maximum Gasteiger partial charge on any atom is 0.311 e. The molecule has 0 aromatic carbocycles. The normalized spacial score (nSPS) is 44.6. The molecule has 0 aliphatic heterocycles. The van der Waals surface area contributed by atoms with Crippen molar-refractivity contribution in [3.8, 4) is 0 Å². The number of aliphatic carboxylic acids is 1. The molecule has 12 heavy (non-hydrogen) atoms. The van der Waals surface area contributed by atoms with Crippen molar-refractivity contribution in [1.82, 2.24) is 4.90 Å². The average Bonchev–Trinajstić information content (AvgIpc) is 2.58. The van der Waals surface area contributed by atoms with Crippen molar-refractivity contribution in [3.63, 3.8) is 0 Å². The SMILES string of the molecule is CN(C)C1CCC2CC21C(=O)O. The van der Waals surface area contributed by atoms with Gasteiger partial charge in [-0.1, -0.05) is 0 Å². The van der Waals surface area contributed by atoms with Crippen LogP contribution in [0, 0.1) is 11.3 Å². The fourth-order valence-corrected chi connectivity index (χ4v) is 2.86. The molecule has 0 radical (unpaired) electrons. The molecule has 2 aliphatic rings. The summed E-state index contributed by atoms with van der Waals surface area (Å²) < 4.78 is 0. The first kappa shape index (κ1) is 8.05. The van der Waals surface area contributed by atoms with Crippen molar-refractivity contribution in [2.24, 2.45) is 11.3 Å². The molecule has 1 N–H and O–H groups in total. The topological polar surface area (TPSA) is 40.5 Å². The van der Waals surface area contributed by atoms with E-state index >= 15 is 0 Å². The van der Waals surface area contributed by atoms with E-state index in [0.717, 1.165) is 19.3 Å². The molecule has 2 saturated carbocycles. The molecule has 3 unspecified atom stereocenters. The highest BCUT2D eigenvalue weighted by Crippen LogP contribution is 2.64. The lowest BCUT2D eigenvalue weighted by molar-refractivity contribution is -0.145. The third kappa shape index (κ3) is 0.774. The Labute approximate surface area is 72.4 Å². The molecule has 0 saturated heterocycles. The predicted octanol–water partition coefficient (Wildman–Crippen LogP) is 0.801. The summed E-state index contributed by atoms with van der Waals surface area (Å²) in [6.07, 6.45) is 3.07. The largest absolute Gasteiger partial charge is 0.481 e. The Morgan fingerprint density at radius 2 is 2.17 bits per heavy atom. The summed E-state index contributed by atoms with van der Waals surface area (Å²) in [6.45, 7) is 0. The molecule has 0 amide bonds. The number of hydrogen-bond acceptors (Lipinski definition) is 2. The Morgan fingerprint density at radius 3 is 2.50 bits per heavy atom. The molecule has 68 valence electrons. The Balaban J connectivity index is 2.21. The minimum absolute atomic E-state index is 0.278. The summed E-state index contributed by atoms with van der Waals surface area (Å²) in [5.74, 6) is -0.105. The monoisotopic (exact) mass is 169 g/mol. The van der Waals surface area contributed by atoms with Gasteiger partial charge in [-0.15, -0.1) is 0 Å². The van der Waals surface area contributed by atoms with Gasteiger partial charge in [-0.05, 0) is 39.3 Å². The molecule has 0 aromatic heterocycles. The van der Waals surface area contributed by atoms with Gasteiger partial charge in [0.25, 0.3) is 0 Å². The molecule has 3 atom stereocenters. The molecule has 3 heteroatoms. The van der Waals surface area contributed by atoms with Crippen LogP contribution in [0.15, 0.2) is 0 Å². The van der Waals surface area contributed by atoms with Gasteiger partial charge in [0, 0.05) is 6.04 Å². The summed E-state index contributed by atoms with van der Waals surface area (Å²) in [5.41, 5.74) is -0.358. The van der Waals surface area contributed by atoms with Crippen molar-refractivity contribution >= 4 is 5.97 Å². The first-order valence-electron chi connectivity index (χ1n) is 4.49. The van der Waals surface area contributed by atoms with Gasteiger partial charge in [0.2, 0.25) is 0 Å². The maximum absolute atomic E-state index is 11.1. The second-order valence-electron chi connectivity index (χ2n) is 4.30. The number of hydrogen-bond donors (Lipinski definition) is 1. The third-order valence-corrected chi connectivity index (χ3v) is 3.56. The zero-order valence-electron chi connectivity index (χ0n) is 7.58. The lowest BCUT2D eigenvalue weighted by atomic mass is 9.97. The first-order valence-corrected chi connectivity index (χ1v) is 4.49. The van der Waals surface area contributed by atoms with Gasteiger partial charge in [0.05, 0.1) is 5.41 Å². The van der Waals surface area contributed by atoms with E-state index in [0.29, 0.717) is 5.92 Å². The van der Waals surface area contributed by atoms with Crippen LogP contribution < -0.4 is 0 Å². The smallest absolute Gasteiger partial charge is 0.311 e. The number of carboxylic acid groups (broad SMARTS) is 1. The molecular formula is C9H15NO2. The van der Waals surface area contributed by atoms with E-state index in [-0.39, 0.29) is 11.5 Å². The van der Waals surface area contributed by atoms with E-state index in [9.17, 15) is 4.79 Å². The second kappa shape index (κ2) is 2.22. The summed E-state index contributed by atoms with van der Waals surface area (Å²) in [7, 11) is 3.96. The van der Waals surface area contributed by atoms with E-state index in [1.165, 1.54) is 0 Å². The quantitative estimate of drug-likeness (QED) is 0.664. The zero-order chi connectivity index (χ0) is 8.93. The molecule has 0 bridgehead atoms. The number of rotatable bonds is 2. The van der Waals surface area contributed by atoms with E-state index in [4.69, 9.17) is 5.11 Å². The highest BCUT2D eigenvalue weighted by molar-refractivity contribution is 5.80. The Bertz CT molecular complexity index is 227. The van der Waals surface area contributed by atoms with Gasteiger partial charge in [0.1, 0.15) is 0 Å². The Morgan fingerprint density at radius 1 is 1.50 bits per heavy atom. The fourth-order valence-electron chi connectivity index (χ4n) is 2.86. The summed E-state index contributed by atoms with van der Waals surface area (Å²) in [4.78, 5) is 13.1. The molecular weight excluding hydrogens is 154 g/mol. The van der Waals surface area contributed by atoms with Gasteiger partial charge >= 0.3 is 5.97 Å². The fraction of sp³-hybridized carbons (Fsp3) is 0.889. The van der Waals surface area contributed by atoms with Crippen molar-refractivity contribution in [3.05, 3.63) is 0 Å². The van der Waals surface area contributed by atoms with Gasteiger partial charge in [0.15, 0.2) is 0 Å². The zero-order valence-corrected chi connectivity index (χ0v) is 7.58. The van der Waals surface area contributed by atoms with Crippen LogP contribution in [-0.4, -0.2) is 36.1 Å². The third-order valence-electron chi connectivity index (χ3n) is 3.56. The van der Waals surface area contributed by atoms with Gasteiger partial charge in [-0.25, -0.2) is 0 Å². The van der Waals surface area contributed by atoms with Crippen LogP contribution in [0.5, 0.6) is 0 Å². The van der Waals surface area contributed by atoms with E-state index in [2.05, 4.69) is 4.90 Å². The van der Waals surface area contributed by atoms with Gasteiger partial charge in [-0.3, -0.25) is 4.79 Å². The highest BCUT2D eigenvalue weighted by atomic mass is 16.4. The molecule has 2 rings (SSSR count). The summed E-state index contributed by atoms with van der Waals surface area (Å²) in [5, 5.41) is 9.11. The van der Waals surface area contributed by atoms with Crippen molar-refractivity contribution in [2.75, 3.05) is 14.1 Å². The number of nitrogens with zero attached hydrogens (tertiary/aromatic N) is 1. The van der Waals surface area contributed by atoms with E-state index in [1.54, 1.807) is 0 Å².